The Labute approximate surface area is 295 Å². The minimum Gasteiger partial charge on any atom is -0.258 e. The van der Waals surface area contributed by atoms with Crippen molar-refractivity contribution < 1.29 is 0 Å². The lowest BCUT2D eigenvalue weighted by Gasteiger charge is -2.40. The van der Waals surface area contributed by atoms with Gasteiger partial charge >= 0.3 is 0 Å². The number of benzene rings is 6. The standard InChI is InChI=1S/C46H31N3S/c1-28-22-27-32(29(2)47-28)30-23-25-31(26-24-30)45-48-41-20-9-5-14-35(41)43(49-45)36-15-11-19-40-44(36)50-42-21-10-8-18-39(42)46(40)37-16-6-3-12-33(37)34-13-4-7-17-38(34)46/h3-27H,1-2H3. The van der Waals surface area contributed by atoms with E-state index in [1.54, 1.807) is 0 Å². The number of rotatable bonds is 3. The predicted octanol–water partition coefficient (Wildman–Crippen LogP) is 11.5. The monoisotopic (exact) mass is 657 g/mol. The fourth-order valence-electron chi connectivity index (χ4n) is 8.27. The Bertz CT molecular complexity index is 2610. The SMILES string of the molecule is Cc1ccc(-c2ccc(-c3nc(-c4cccc5c4Sc4ccccc4C54c5ccccc5-c5ccccc54)c4ccccc4n3)cc2)c(C)n1. The molecule has 0 amide bonds. The lowest BCUT2D eigenvalue weighted by atomic mass is 9.67. The quantitative estimate of drug-likeness (QED) is 0.190. The molecule has 3 nitrogen and oxygen atoms in total. The van der Waals surface area contributed by atoms with Crippen LogP contribution in [0.4, 0.5) is 0 Å². The van der Waals surface area contributed by atoms with E-state index in [1.807, 2.05) is 18.7 Å². The number of hydrogen-bond acceptors (Lipinski definition) is 4. The molecule has 1 aliphatic heterocycles. The van der Waals surface area contributed by atoms with Crippen LogP contribution in [0.25, 0.3) is 55.8 Å². The Morgan fingerprint density at radius 1 is 0.460 bits per heavy atom. The number of hydrogen-bond donors (Lipinski definition) is 0. The molecule has 0 unspecified atom stereocenters. The topological polar surface area (TPSA) is 38.7 Å². The van der Waals surface area contributed by atoms with E-state index in [4.69, 9.17) is 9.97 Å². The molecule has 0 saturated carbocycles. The van der Waals surface area contributed by atoms with Crippen molar-refractivity contribution in [1.82, 2.24) is 15.0 Å². The highest BCUT2D eigenvalue weighted by atomic mass is 32.2. The maximum Gasteiger partial charge on any atom is 0.160 e. The van der Waals surface area contributed by atoms with Gasteiger partial charge in [0.1, 0.15) is 0 Å². The van der Waals surface area contributed by atoms with Gasteiger partial charge in [0.15, 0.2) is 5.82 Å². The Balaban J connectivity index is 1.20. The van der Waals surface area contributed by atoms with Crippen molar-refractivity contribution in [2.45, 2.75) is 29.1 Å². The maximum atomic E-state index is 5.40. The number of pyridine rings is 1. The minimum atomic E-state index is -0.440. The molecule has 50 heavy (non-hydrogen) atoms. The third-order valence-corrected chi connectivity index (χ3v) is 11.6. The third-order valence-electron chi connectivity index (χ3n) is 10.4. The summed E-state index contributed by atoms with van der Waals surface area (Å²) in [5.74, 6) is 0.717. The molecule has 10 rings (SSSR count). The van der Waals surface area contributed by atoms with E-state index in [9.17, 15) is 0 Å². The second kappa shape index (κ2) is 11.1. The van der Waals surface area contributed by atoms with E-state index in [-0.39, 0.29) is 0 Å². The molecule has 2 aliphatic rings. The number of aryl methyl sites for hydroxylation is 2. The molecule has 4 heteroatoms. The van der Waals surface area contributed by atoms with Gasteiger partial charge in [-0.2, -0.15) is 0 Å². The summed E-state index contributed by atoms with van der Waals surface area (Å²) in [4.78, 5) is 17.7. The highest BCUT2D eigenvalue weighted by molar-refractivity contribution is 7.99. The predicted molar refractivity (Wildman–Crippen MR) is 205 cm³/mol. The molecular formula is C46H31N3S. The summed E-state index contributed by atoms with van der Waals surface area (Å²) in [6.07, 6.45) is 0. The largest absolute Gasteiger partial charge is 0.258 e. The summed E-state index contributed by atoms with van der Waals surface area (Å²) >= 11 is 1.86. The van der Waals surface area contributed by atoms with E-state index in [0.29, 0.717) is 5.82 Å². The van der Waals surface area contributed by atoms with Crippen LogP contribution in [-0.4, -0.2) is 15.0 Å². The first-order valence-electron chi connectivity index (χ1n) is 17.0. The van der Waals surface area contributed by atoms with E-state index in [0.717, 1.165) is 50.2 Å². The number of aromatic nitrogens is 3. The molecule has 2 aromatic heterocycles. The van der Waals surface area contributed by atoms with Crippen LogP contribution in [0.15, 0.2) is 161 Å². The van der Waals surface area contributed by atoms with Gasteiger partial charge < -0.3 is 0 Å². The molecule has 0 saturated heterocycles. The second-order valence-electron chi connectivity index (χ2n) is 13.2. The van der Waals surface area contributed by atoms with Gasteiger partial charge in [-0.3, -0.25) is 4.98 Å². The summed E-state index contributed by atoms with van der Waals surface area (Å²) in [6.45, 7) is 4.10. The van der Waals surface area contributed by atoms with Gasteiger partial charge in [-0.15, -0.1) is 0 Å². The Kier molecular flexibility index (Phi) is 6.46. The van der Waals surface area contributed by atoms with Crippen LogP contribution >= 0.6 is 11.8 Å². The van der Waals surface area contributed by atoms with Crippen molar-refractivity contribution in [2.24, 2.45) is 0 Å². The van der Waals surface area contributed by atoms with Crippen molar-refractivity contribution >= 4 is 22.7 Å². The highest BCUT2D eigenvalue weighted by Gasteiger charge is 2.50. The molecule has 0 radical (unpaired) electrons. The van der Waals surface area contributed by atoms with Gasteiger partial charge in [-0.25, -0.2) is 9.97 Å². The van der Waals surface area contributed by atoms with Gasteiger partial charge in [-0.1, -0.05) is 145 Å². The molecule has 3 heterocycles. The molecule has 8 aromatic rings. The molecule has 0 bridgehead atoms. The fraction of sp³-hybridized carbons (Fsp3) is 0.0652. The van der Waals surface area contributed by atoms with E-state index in [1.165, 1.54) is 43.2 Å². The van der Waals surface area contributed by atoms with Crippen LogP contribution in [0.3, 0.4) is 0 Å². The van der Waals surface area contributed by atoms with Crippen molar-refractivity contribution in [3.63, 3.8) is 0 Å². The zero-order valence-electron chi connectivity index (χ0n) is 27.7. The molecule has 6 aromatic carbocycles. The van der Waals surface area contributed by atoms with Gasteiger partial charge in [0.25, 0.3) is 0 Å². The number of fused-ring (bicyclic) bond motifs is 10. The van der Waals surface area contributed by atoms with Crippen LogP contribution in [0.1, 0.15) is 33.6 Å². The van der Waals surface area contributed by atoms with Crippen molar-refractivity contribution in [3.8, 4) is 44.9 Å². The molecule has 236 valence electrons. The summed E-state index contributed by atoms with van der Waals surface area (Å²) in [5, 5.41) is 1.04. The van der Waals surface area contributed by atoms with Gasteiger partial charge in [0, 0.05) is 43.3 Å². The first-order valence-corrected chi connectivity index (χ1v) is 17.9. The average Bonchev–Trinajstić information content (AvgIpc) is 3.45. The van der Waals surface area contributed by atoms with Gasteiger partial charge in [0.2, 0.25) is 0 Å². The lowest BCUT2D eigenvalue weighted by Crippen LogP contribution is -2.32. The fourth-order valence-corrected chi connectivity index (χ4v) is 9.57. The summed E-state index contributed by atoms with van der Waals surface area (Å²) < 4.78 is 0. The molecular weight excluding hydrogens is 627 g/mol. The second-order valence-corrected chi connectivity index (χ2v) is 14.2. The Morgan fingerprint density at radius 3 is 1.84 bits per heavy atom. The minimum absolute atomic E-state index is 0.440. The van der Waals surface area contributed by atoms with Crippen LogP contribution in [0.5, 0.6) is 0 Å². The first-order chi connectivity index (χ1) is 24.6. The van der Waals surface area contributed by atoms with Crippen molar-refractivity contribution in [3.05, 3.63) is 185 Å². The smallest absolute Gasteiger partial charge is 0.160 e. The molecule has 0 N–H and O–H groups in total. The summed E-state index contributed by atoms with van der Waals surface area (Å²) in [6, 6.07) is 54.9. The zero-order valence-corrected chi connectivity index (χ0v) is 28.5. The lowest BCUT2D eigenvalue weighted by molar-refractivity contribution is 0.723. The number of para-hydroxylation sites is 1. The molecule has 1 aliphatic carbocycles. The van der Waals surface area contributed by atoms with Crippen LogP contribution in [0, 0.1) is 13.8 Å². The van der Waals surface area contributed by atoms with Gasteiger partial charge in [-0.05, 0) is 71.0 Å². The first kappa shape index (κ1) is 29.1. The van der Waals surface area contributed by atoms with Crippen molar-refractivity contribution in [2.75, 3.05) is 0 Å². The summed E-state index contributed by atoms with van der Waals surface area (Å²) in [7, 11) is 0. The highest BCUT2D eigenvalue weighted by Crippen LogP contribution is 2.63. The van der Waals surface area contributed by atoms with Crippen LogP contribution in [-0.2, 0) is 5.41 Å². The number of nitrogens with zero attached hydrogens (tertiary/aromatic N) is 3. The van der Waals surface area contributed by atoms with Crippen molar-refractivity contribution in [1.29, 1.82) is 0 Å². The van der Waals surface area contributed by atoms with E-state index >= 15 is 0 Å². The van der Waals surface area contributed by atoms with E-state index in [2.05, 4.69) is 164 Å². The normalized spacial score (nSPS) is 13.5. The zero-order chi connectivity index (χ0) is 33.4. The Hall–Kier alpha value is -5.84. The molecule has 0 fully saturated rings. The van der Waals surface area contributed by atoms with Gasteiger partial charge in [0.05, 0.1) is 16.6 Å². The van der Waals surface area contributed by atoms with Crippen LogP contribution < -0.4 is 0 Å². The van der Waals surface area contributed by atoms with Crippen LogP contribution in [0.2, 0.25) is 0 Å². The maximum absolute atomic E-state index is 5.40. The summed E-state index contributed by atoms with van der Waals surface area (Å²) in [5.41, 5.74) is 15.8. The Morgan fingerprint density at radius 2 is 1.08 bits per heavy atom. The molecule has 0 atom stereocenters. The third kappa shape index (κ3) is 4.15. The molecule has 1 spiro atoms. The average molecular weight is 658 g/mol. The van der Waals surface area contributed by atoms with E-state index < -0.39 is 5.41 Å².